The first-order chi connectivity index (χ1) is 4.47. The van der Waals surface area contributed by atoms with Crippen molar-refractivity contribution < 1.29 is 0 Å². The fourth-order valence-corrected chi connectivity index (χ4v) is 1.17. The molecule has 2 nitrogen and oxygen atoms in total. The first kappa shape index (κ1) is 4.91. The molecule has 2 aliphatic rings. The SMILES string of the molecule is C1=CC2C=NCC2N=C1. The minimum Gasteiger partial charge on any atom is -0.295 e. The van der Waals surface area contributed by atoms with Gasteiger partial charge in [-0.2, -0.15) is 0 Å². The average molecular weight is 120 g/mol. The zero-order valence-corrected chi connectivity index (χ0v) is 5.07. The Balaban J connectivity index is 2.25. The molecule has 2 atom stereocenters. The summed E-state index contributed by atoms with van der Waals surface area (Å²) in [5, 5.41) is 0. The molecule has 0 saturated carbocycles. The quantitative estimate of drug-likeness (QED) is 0.449. The third-order valence-corrected chi connectivity index (χ3v) is 1.71. The number of fused-ring (bicyclic) bond motifs is 1. The van der Waals surface area contributed by atoms with Crippen LogP contribution in [0.4, 0.5) is 0 Å². The fraction of sp³-hybridized carbons (Fsp3) is 0.429. The summed E-state index contributed by atoms with van der Waals surface area (Å²) >= 11 is 0. The van der Waals surface area contributed by atoms with Crippen molar-refractivity contribution in [1.82, 2.24) is 0 Å². The van der Waals surface area contributed by atoms with Gasteiger partial charge in [-0.3, -0.25) is 9.98 Å². The number of hydrogen-bond acceptors (Lipinski definition) is 2. The highest BCUT2D eigenvalue weighted by molar-refractivity contribution is 5.77. The van der Waals surface area contributed by atoms with Gasteiger partial charge in [0, 0.05) is 18.3 Å². The lowest BCUT2D eigenvalue weighted by Crippen LogP contribution is -2.17. The number of rotatable bonds is 0. The van der Waals surface area contributed by atoms with E-state index in [0.717, 1.165) is 6.54 Å². The van der Waals surface area contributed by atoms with Crippen molar-refractivity contribution in [1.29, 1.82) is 0 Å². The lowest BCUT2D eigenvalue weighted by Gasteiger charge is -2.10. The summed E-state index contributed by atoms with van der Waals surface area (Å²) in [5.74, 6) is 0.495. The van der Waals surface area contributed by atoms with Crippen molar-refractivity contribution in [2.45, 2.75) is 6.04 Å². The van der Waals surface area contributed by atoms with Crippen molar-refractivity contribution in [2.75, 3.05) is 6.54 Å². The molecule has 2 aliphatic heterocycles. The maximum atomic E-state index is 4.25. The van der Waals surface area contributed by atoms with Gasteiger partial charge in [0.15, 0.2) is 0 Å². The largest absolute Gasteiger partial charge is 0.295 e. The fourth-order valence-electron chi connectivity index (χ4n) is 1.17. The Hall–Kier alpha value is -0.920. The minimum absolute atomic E-state index is 0.426. The van der Waals surface area contributed by atoms with E-state index in [1.807, 2.05) is 18.5 Å². The Morgan fingerprint density at radius 3 is 3.33 bits per heavy atom. The van der Waals surface area contributed by atoms with Crippen LogP contribution in [0.25, 0.3) is 0 Å². The van der Waals surface area contributed by atoms with Gasteiger partial charge in [-0.05, 0) is 6.08 Å². The molecule has 2 heterocycles. The molecule has 0 bridgehead atoms. The summed E-state index contributed by atoms with van der Waals surface area (Å²) in [5.41, 5.74) is 0. The first-order valence-electron chi connectivity index (χ1n) is 3.17. The molecule has 0 N–H and O–H groups in total. The van der Waals surface area contributed by atoms with Crippen LogP contribution in [-0.4, -0.2) is 25.0 Å². The molecule has 9 heavy (non-hydrogen) atoms. The van der Waals surface area contributed by atoms with Gasteiger partial charge in [0.05, 0.1) is 12.6 Å². The summed E-state index contributed by atoms with van der Waals surface area (Å²) < 4.78 is 0. The summed E-state index contributed by atoms with van der Waals surface area (Å²) in [4.78, 5) is 8.39. The topological polar surface area (TPSA) is 24.7 Å². The molecule has 0 radical (unpaired) electrons. The van der Waals surface area contributed by atoms with E-state index in [9.17, 15) is 0 Å². The number of aliphatic imine (C=N–C) groups is 2. The molecule has 46 valence electrons. The van der Waals surface area contributed by atoms with Gasteiger partial charge in [0.2, 0.25) is 0 Å². The lowest BCUT2D eigenvalue weighted by atomic mass is 10.0. The van der Waals surface area contributed by atoms with Gasteiger partial charge >= 0.3 is 0 Å². The van der Waals surface area contributed by atoms with E-state index in [1.165, 1.54) is 0 Å². The van der Waals surface area contributed by atoms with Crippen LogP contribution in [0.1, 0.15) is 0 Å². The van der Waals surface area contributed by atoms with E-state index in [2.05, 4.69) is 16.1 Å². The van der Waals surface area contributed by atoms with Crippen LogP contribution in [0.5, 0.6) is 0 Å². The minimum atomic E-state index is 0.426. The second-order valence-corrected chi connectivity index (χ2v) is 2.34. The second kappa shape index (κ2) is 1.79. The third kappa shape index (κ3) is 0.707. The maximum Gasteiger partial charge on any atom is 0.0806 e. The lowest BCUT2D eigenvalue weighted by molar-refractivity contribution is 0.665. The van der Waals surface area contributed by atoms with Crippen LogP contribution in [-0.2, 0) is 0 Å². The zero-order chi connectivity index (χ0) is 6.10. The monoisotopic (exact) mass is 120 g/mol. The number of dihydropyridines is 1. The van der Waals surface area contributed by atoms with Gasteiger partial charge in [-0.25, -0.2) is 0 Å². The van der Waals surface area contributed by atoms with Crippen molar-refractivity contribution in [2.24, 2.45) is 15.9 Å². The molecule has 0 aromatic rings. The highest BCUT2D eigenvalue weighted by Gasteiger charge is 2.21. The number of allylic oxidation sites excluding steroid dienone is 1. The Labute approximate surface area is 54.0 Å². The van der Waals surface area contributed by atoms with Crippen LogP contribution in [0.2, 0.25) is 0 Å². The van der Waals surface area contributed by atoms with Crippen molar-refractivity contribution in [3.63, 3.8) is 0 Å². The van der Waals surface area contributed by atoms with E-state index in [1.54, 1.807) is 0 Å². The molecule has 0 aliphatic carbocycles. The molecule has 2 rings (SSSR count). The molecule has 0 spiro atoms. The molecule has 0 amide bonds. The van der Waals surface area contributed by atoms with Gasteiger partial charge < -0.3 is 0 Å². The van der Waals surface area contributed by atoms with Crippen molar-refractivity contribution >= 4 is 12.4 Å². The molecule has 0 aromatic carbocycles. The van der Waals surface area contributed by atoms with E-state index in [0.29, 0.717) is 12.0 Å². The van der Waals surface area contributed by atoms with Crippen molar-refractivity contribution in [3.05, 3.63) is 12.2 Å². The molecular formula is C7H8N2. The standard InChI is InChI=1S/C7H8N2/c1-2-6-4-8-5-7(6)9-3-1/h1-4,6-7H,5H2. The van der Waals surface area contributed by atoms with Gasteiger partial charge in [0.1, 0.15) is 0 Å². The number of hydrogen-bond donors (Lipinski definition) is 0. The van der Waals surface area contributed by atoms with Gasteiger partial charge in [0.25, 0.3) is 0 Å². The second-order valence-electron chi connectivity index (χ2n) is 2.34. The molecule has 2 heteroatoms. The van der Waals surface area contributed by atoms with Crippen LogP contribution in [0, 0.1) is 5.92 Å². The van der Waals surface area contributed by atoms with E-state index in [4.69, 9.17) is 0 Å². The van der Waals surface area contributed by atoms with Crippen LogP contribution < -0.4 is 0 Å². The van der Waals surface area contributed by atoms with Gasteiger partial charge in [-0.1, -0.05) is 6.08 Å². The van der Waals surface area contributed by atoms with E-state index < -0.39 is 0 Å². The van der Waals surface area contributed by atoms with Crippen molar-refractivity contribution in [3.8, 4) is 0 Å². The predicted molar refractivity (Wildman–Crippen MR) is 38.3 cm³/mol. The summed E-state index contributed by atoms with van der Waals surface area (Å²) in [6.07, 6.45) is 7.97. The maximum absolute atomic E-state index is 4.25. The smallest absolute Gasteiger partial charge is 0.0806 e. The third-order valence-electron chi connectivity index (χ3n) is 1.71. The Kier molecular flexibility index (Phi) is 0.979. The molecule has 0 aromatic heterocycles. The van der Waals surface area contributed by atoms with Crippen LogP contribution >= 0.6 is 0 Å². The normalized spacial score (nSPS) is 37.3. The van der Waals surface area contributed by atoms with E-state index in [-0.39, 0.29) is 0 Å². The summed E-state index contributed by atoms with van der Waals surface area (Å²) in [7, 11) is 0. The molecule has 0 fully saturated rings. The summed E-state index contributed by atoms with van der Waals surface area (Å²) in [6.45, 7) is 0.880. The Morgan fingerprint density at radius 1 is 1.44 bits per heavy atom. The Morgan fingerprint density at radius 2 is 2.44 bits per heavy atom. The van der Waals surface area contributed by atoms with Crippen LogP contribution in [0.3, 0.4) is 0 Å². The summed E-state index contributed by atoms with van der Waals surface area (Å²) in [6, 6.07) is 0.426. The number of nitrogens with zero attached hydrogens (tertiary/aromatic N) is 2. The highest BCUT2D eigenvalue weighted by atomic mass is 14.9. The Bertz CT molecular complexity index is 191. The van der Waals surface area contributed by atoms with E-state index >= 15 is 0 Å². The van der Waals surface area contributed by atoms with Gasteiger partial charge in [-0.15, -0.1) is 0 Å². The predicted octanol–water partition coefficient (Wildman–Crippen LogP) is 0.696. The zero-order valence-electron chi connectivity index (χ0n) is 5.07. The highest BCUT2D eigenvalue weighted by Crippen LogP contribution is 2.15. The average Bonchev–Trinajstić information content (AvgIpc) is 2.33. The first-order valence-corrected chi connectivity index (χ1v) is 3.17. The van der Waals surface area contributed by atoms with Crippen LogP contribution in [0.15, 0.2) is 22.1 Å². The molecular weight excluding hydrogens is 112 g/mol. The molecule has 2 unspecified atom stereocenters. The molecule has 0 saturated heterocycles.